The molecule has 0 atom stereocenters. The second-order valence-corrected chi connectivity index (χ2v) is 3.95. The molecule has 0 fully saturated rings. The van der Waals surface area contributed by atoms with Crippen molar-refractivity contribution in [2.45, 2.75) is 6.92 Å². The smallest absolute Gasteiger partial charge is 0.194 e. The molecular weight excluding hydrogens is 246 g/mol. The van der Waals surface area contributed by atoms with Gasteiger partial charge in [0.2, 0.25) is 0 Å². The third-order valence-electron chi connectivity index (χ3n) is 1.93. The second kappa shape index (κ2) is 3.13. The summed E-state index contributed by atoms with van der Waals surface area (Å²) in [6.45, 7) is 1.73. The molecule has 0 aliphatic rings. The average Bonchev–Trinajstić information content (AvgIpc) is 1.99. The molecule has 0 aliphatic carbocycles. The van der Waals surface area contributed by atoms with Gasteiger partial charge < -0.3 is 10.2 Å². The summed E-state index contributed by atoms with van der Waals surface area (Å²) in [6, 6.07) is 4.80. The van der Waals surface area contributed by atoms with Crippen LogP contribution in [0.5, 0.6) is 0 Å². The molecule has 0 unspecified atom stereocenters. The molecule has 2 aromatic rings. The summed E-state index contributed by atoms with van der Waals surface area (Å²) in [7, 11) is 0. The highest BCUT2D eigenvalue weighted by Gasteiger charge is 2.07. The zero-order chi connectivity index (χ0) is 10.3. The monoisotopic (exact) mass is 253 g/mol. The quantitative estimate of drug-likeness (QED) is 0.734. The van der Waals surface area contributed by atoms with Crippen molar-refractivity contribution in [3.63, 3.8) is 0 Å². The Morgan fingerprint density at radius 3 is 2.79 bits per heavy atom. The predicted octanol–water partition coefficient (Wildman–Crippen LogP) is 2.45. The second-order valence-electron chi connectivity index (χ2n) is 3.10. The van der Waals surface area contributed by atoms with Crippen LogP contribution >= 0.6 is 15.9 Å². The van der Waals surface area contributed by atoms with Crippen LogP contribution in [0.3, 0.4) is 0 Å². The van der Waals surface area contributed by atoms with E-state index in [1.165, 1.54) is 6.07 Å². The molecule has 72 valence electrons. The molecule has 1 heterocycles. The van der Waals surface area contributed by atoms with Crippen LogP contribution < -0.4 is 11.2 Å². The number of nitrogen functional groups attached to an aromatic ring is 1. The summed E-state index contributed by atoms with van der Waals surface area (Å²) in [5.74, 6) is 0.583. The van der Waals surface area contributed by atoms with E-state index in [2.05, 4.69) is 15.9 Å². The normalized spacial score (nSPS) is 10.7. The standard InChI is InChI=1S/C10H8BrNO2/c1-5-2-8(13)10-7(11)3-6(12)4-9(10)14-5/h2-4H,12H2,1H3. The summed E-state index contributed by atoms with van der Waals surface area (Å²) in [5, 5.41) is 0.532. The fraction of sp³-hybridized carbons (Fsp3) is 0.100. The van der Waals surface area contributed by atoms with Crippen LogP contribution in [0.2, 0.25) is 0 Å². The van der Waals surface area contributed by atoms with E-state index in [9.17, 15) is 4.79 Å². The highest BCUT2D eigenvalue weighted by Crippen LogP contribution is 2.24. The van der Waals surface area contributed by atoms with Gasteiger partial charge in [-0.05, 0) is 28.9 Å². The maximum Gasteiger partial charge on any atom is 0.194 e. The molecule has 0 bridgehead atoms. The third-order valence-corrected chi connectivity index (χ3v) is 2.55. The fourth-order valence-corrected chi connectivity index (χ4v) is 2.04. The lowest BCUT2D eigenvalue weighted by atomic mass is 10.2. The van der Waals surface area contributed by atoms with Crippen molar-refractivity contribution >= 4 is 32.6 Å². The van der Waals surface area contributed by atoms with E-state index in [4.69, 9.17) is 10.2 Å². The lowest BCUT2D eigenvalue weighted by molar-refractivity contribution is 0.565. The Bertz CT molecular complexity index is 555. The van der Waals surface area contributed by atoms with Gasteiger partial charge in [-0.15, -0.1) is 0 Å². The van der Waals surface area contributed by atoms with Crippen molar-refractivity contribution in [3.8, 4) is 0 Å². The Morgan fingerprint density at radius 1 is 1.36 bits per heavy atom. The largest absolute Gasteiger partial charge is 0.461 e. The molecule has 0 spiro atoms. The van der Waals surface area contributed by atoms with E-state index in [0.29, 0.717) is 26.9 Å². The Labute approximate surface area is 88.7 Å². The van der Waals surface area contributed by atoms with Crippen molar-refractivity contribution in [1.82, 2.24) is 0 Å². The van der Waals surface area contributed by atoms with Crippen molar-refractivity contribution in [1.29, 1.82) is 0 Å². The summed E-state index contributed by atoms with van der Waals surface area (Å²) < 4.78 is 6.06. The van der Waals surface area contributed by atoms with E-state index >= 15 is 0 Å². The average molecular weight is 254 g/mol. The van der Waals surface area contributed by atoms with Gasteiger partial charge in [-0.25, -0.2) is 0 Å². The van der Waals surface area contributed by atoms with Crippen LogP contribution in [0.1, 0.15) is 5.76 Å². The van der Waals surface area contributed by atoms with Crippen LogP contribution in [0.4, 0.5) is 5.69 Å². The summed E-state index contributed by atoms with van der Waals surface area (Å²) in [4.78, 5) is 11.6. The highest BCUT2D eigenvalue weighted by molar-refractivity contribution is 9.10. The maximum atomic E-state index is 11.6. The van der Waals surface area contributed by atoms with E-state index in [1.54, 1.807) is 19.1 Å². The van der Waals surface area contributed by atoms with E-state index in [1.807, 2.05) is 0 Å². The first-order chi connectivity index (χ1) is 6.58. The highest BCUT2D eigenvalue weighted by atomic mass is 79.9. The molecule has 0 amide bonds. The number of fused-ring (bicyclic) bond motifs is 1. The van der Waals surface area contributed by atoms with E-state index < -0.39 is 0 Å². The van der Waals surface area contributed by atoms with Gasteiger partial charge in [0.1, 0.15) is 11.3 Å². The predicted molar refractivity (Wildman–Crippen MR) is 59.3 cm³/mol. The molecule has 1 aromatic carbocycles. The molecule has 2 N–H and O–H groups in total. The topological polar surface area (TPSA) is 56.2 Å². The van der Waals surface area contributed by atoms with E-state index in [0.717, 1.165) is 0 Å². The summed E-state index contributed by atoms with van der Waals surface area (Å²) in [6.07, 6.45) is 0. The minimum atomic E-state index is -0.0596. The molecule has 1 aromatic heterocycles. The molecule has 0 saturated heterocycles. The van der Waals surface area contributed by atoms with Gasteiger partial charge in [-0.3, -0.25) is 4.79 Å². The Balaban J connectivity index is 3.02. The number of aryl methyl sites for hydroxylation is 1. The molecule has 0 radical (unpaired) electrons. The first-order valence-corrected chi connectivity index (χ1v) is 4.87. The first-order valence-electron chi connectivity index (χ1n) is 4.07. The van der Waals surface area contributed by atoms with Crippen LogP contribution in [-0.4, -0.2) is 0 Å². The number of nitrogens with two attached hydrogens (primary N) is 1. The van der Waals surface area contributed by atoms with Crippen molar-refractivity contribution in [3.05, 3.63) is 38.7 Å². The number of halogens is 1. The molecule has 14 heavy (non-hydrogen) atoms. The van der Waals surface area contributed by atoms with Crippen LogP contribution in [0.25, 0.3) is 11.0 Å². The van der Waals surface area contributed by atoms with Gasteiger partial charge in [-0.1, -0.05) is 0 Å². The fourth-order valence-electron chi connectivity index (χ4n) is 1.38. The molecule has 0 aliphatic heterocycles. The lowest BCUT2D eigenvalue weighted by Crippen LogP contribution is -2.01. The van der Waals surface area contributed by atoms with Crippen molar-refractivity contribution < 1.29 is 4.42 Å². The van der Waals surface area contributed by atoms with Crippen LogP contribution in [0.15, 0.2) is 31.9 Å². The Morgan fingerprint density at radius 2 is 2.07 bits per heavy atom. The molecule has 4 heteroatoms. The Hall–Kier alpha value is -1.29. The number of benzene rings is 1. The number of hydrogen-bond donors (Lipinski definition) is 1. The van der Waals surface area contributed by atoms with Gasteiger partial charge in [0, 0.05) is 22.3 Å². The van der Waals surface area contributed by atoms with Gasteiger partial charge >= 0.3 is 0 Å². The van der Waals surface area contributed by atoms with Crippen molar-refractivity contribution in [2.75, 3.05) is 5.73 Å². The number of rotatable bonds is 0. The minimum absolute atomic E-state index is 0.0596. The van der Waals surface area contributed by atoms with Gasteiger partial charge in [0.25, 0.3) is 0 Å². The molecule has 2 rings (SSSR count). The van der Waals surface area contributed by atoms with Gasteiger partial charge in [0.05, 0.1) is 5.39 Å². The zero-order valence-electron chi connectivity index (χ0n) is 7.50. The van der Waals surface area contributed by atoms with Gasteiger partial charge in [0.15, 0.2) is 5.43 Å². The third kappa shape index (κ3) is 1.42. The van der Waals surface area contributed by atoms with E-state index in [-0.39, 0.29) is 5.43 Å². The van der Waals surface area contributed by atoms with Gasteiger partial charge in [-0.2, -0.15) is 0 Å². The SMILES string of the molecule is Cc1cc(=O)c2c(Br)cc(N)cc2o1. The summed E-state index contributed by atoms with van der Waals surface area (Å²) >= 11 is 3.28. The summed E-state index contributed by atoms with van der Waals surface area (Å²) in [5.41, 5.74) is 6.66. The molecular formula is C10H8BrNO2. The van der Waals surface area contributed by atoms with Crippen LogP contribution in [-0.2, 0) is 0 Å². The molecule has 0 saturated carbocycles. The van der Waals surface area contributed by atoms with Crippen molar-refractivity contribution in [2.24, 2.45) is 0 Å². The number of hydrogen-bond acceptors (Lipinski definition) is 3. The first kappa shape index (κ1) is 9.27. The van der Waals surface area contributed by atoms with Crippen LogP contribution in [0, 0.1) is 6.92 Å². The zero-order valence-corrected chi connectivity index (χ0v) is 9.09. The maximum absolute atomic E-state index is 11.6. The minimum Gasteiger partial charge on any atom is -0.461 e. The number of anilines is 1. The molecule has 3 nitrogen and oxygen atoms in total. The lowest BCUT2D eigenvalue weighted by Gasteiger charge is -2.02. The Kier molecular flexibility index (Phi) is 2.07.